The molecule has 3 aromatic rings. The molecule has 28 heavy (non-hydrogen) atoms. The number of aryl methyl sites for hydroxylation is 1. The van der Waals surface area contributed by atoms with Crippen LogP contribution in [0.15, 0.2) is 57.9 Å². The van der Waals surface area contributed by atoms with E-state index in [1.54, 1.807) is 6.92 Å². The number of benzene rings is 2. The van der Waals surface area contributed by atoms with E-state index in [1.165, 1.54) is 11.8 Å². The summed E-state index contributed by atoms with van der Waals surface area (Å²) in [5.74, 6) is 2.35. The lowest BCUT2D eigenvalue weighted by Crippen LogP contribution is -2.27. The van der Waals surface area contributed by atoms with E-state index >= 15 is 0 Å². The number of hydrogen-bond donors (Lipinski definition) is 1. The zero-order chi connectivity index (χ0) is 19.9. The molecule has 0 bridgehead atoms. The molecule has 7 heteroatoms. The number of aromatic nitrogens is 2. The lowest BCUT2D eigenvalue weighted by Gasteiger charge is -2.16. The van der Waals surface area contributed by atoms with Crippen molar-refractivity contribution in [3.8, 4) is 5.75 Å². The number of thioether (sulfide) groups is 1. The molecule has 0 radical (unpaired) electrons. The first kappa shape index (κ1) is 19.9. The van der Waals surface area contributed by atoms with E-state index in [9.17, 15) is 4.79 Å². The second-order valence-corrected chi connectivity index (χ2v) is 7.23. The molecule has 0 spiro atoms. The minimum atomic E-state index is -0.147. The fourth-order valence-corrected chi connectivity index (χ4v) is 3.61. The summed E-state index contributed by atoms with van der Waals surface area (Å²) in [6.07, 6.45) is 0. The minimum Gasteiger partial charge on any atom is -0.494 e. The maximum Gasteiger partial charge on any atom is 0.252 e. The van der Waals surface area contributed by atoms with E-state index in [4.69, 9.17) is 9.26 Å². The smallest absolute Gasteiger partial charge is 0.252 e. The molecule has 6 nitrogen and oxygen atoms in total. The number of nitrogens with zero attached hydrogens (tertiary/aromatic N) is 2. The molecule has 0 aliphatic carbocycles. The van der Waals surface area contributed by atoms with Crippen molar-refractivity contribution in [2.45, 2.75) is 37.5 Å². The molecule has 1 unspecified atom stereocenters. The van der Waals surface area contributed by atoms with Gasteiger partial charge in [-0.05, 0) is 43.7 Å². The van der Waals surface area contributed by atoms with E-state index in [0.717, 1.165) is 16.2 Å². The summed E-state index contributed by atoms with van der Waals surface area (Å²) in [5.41, 5.74) is 1.62. The van der Waals surface area contributed by atoms with Crippen molar-refractivity contribution in [2.24, 2.45) is 0 Å². The second kappa shape index (κ2) is 9.41. The normalized spacial score (nSPS) is 11.8. The van der Waals surface area contributed by atoms with Gasteiger partial charge in [-0.1, -0.05) is 29.4 Å². The Morgan fingerprint density at radius 1 is 1.25 bits per heavy atom. The molecule has 1 N–H and O–H groups in total. The summed E-state index contributed by atoms with van der Waals surface area (Å²) < 4.78 is 10.5. The largest absolute Gasteiger partial charge is 0.494 e. The van der Waals surface area contributed by atoms with Crippen LogP contribution in [0.5, 0.6) is 5.75 Å². The summed E-state index contributed by atoms with van der Waals surface area (Å²) in [6.45, 7) is 6.27. The number of carbonyl (C=O) groups is 1. The molecule has 3 rings (SSSR count). The molecule has 0 aliphatic rings. The standard InChI is InChI=1S/C21H23N3O3S/c1-4-26-17-9-7-8-16(12-17)14(2)22-21(25)18-10-5-6-11-19(18)28-13-20-23-15(3)27-24-20/h5-12,14H,4,13H2,1-3H3,(H,22,25). The van der Waals surface area contributed by atoms with Crippen molar-refractivity contribution in [1.82, 2.24) is 15.5 Å². The van der Waals surface area contributed by atoms with Crippen molar-refractivity contribution in [3.05, 3.63) is 71.4 Å². The Bertz CT molecular complexity index is 942. The predicted octanol–water partition coefficient (Wildman–Crippen LogP) is 4.56. The van der Waals surface area contributed by atoms with Crippen LogP contribution < -0.4 is 10.1 Å². The Hall–Kier alpha value is -2.80. The fourth-order valence-electron chi connectivity index (χ4n) is 2.72. The van der Waals surface area contributed by atoms with Gasteiger partial charge in [0.25, 0.3) is 5.91 Å². The Morgan fingerprint density at radius 2 is 2.07 bits per heavy atom. The SMILES string of the molecule is CCOc1cccc(C(C)NC(=O)c2ccccc2SCc2noc(C)n2)c1. The third-order valence-corrected chi connectivity index (χ3v) is 5.14. The number of ether oxygens (including phenoxy) is 1. The van der Waals surface area contributed by atoms with Gasteiger partial charge in [0.2, 0.25) is 5.89 Å². The number of amides is 1. The number of nitrogens with one attached hydrogen (secondary N) is 1. The first-order chi connectivity index (χ1) is 13.6. The Labute approximate surface area is 168 Å². The molecule has 0 saturated carbocycles. The van der Waals surface area contributed by atoms with Crippen LogP contribution in [0.1, 0.15) is 47.5 Å². The van der Waals surface area contributed by atoms with Crippen molar-refractivity contribution in [1.29, 1.82) is 0 Å². The van der Waals surface area contributed by atoms with E-state index in [0.29, 0.717) is 29.6 Å². The monoisotopic (exact) mass is 397 g/mol. The minimum absolute atomic E-state index is 0.123. The number of carbonyl (C=O) groups excluding carboxylic acids is 1. The highest BCUT2D eigenvalue weighted by molar-refractivity contribution is 7.98. The summed E-state index contributed by atoms with van der Waals surface area (Å²) in [6, 6.07) is 15.1. The first-order valence-electron chi connectivity index (χ1n) is 9.11. The molecular formula is C21H23N3O3S. The summed E-state index contributed by atoms with van der Waals surface area (Å²) in [5, 5.41) is 6.96. The number of hydrogen-bond acceptors (Lipinski definition) is 6. The van der Waals surface area contributed by atoms with Crippen molar-refractivity contribution in [3.63, 3.8) is 0 Å². The van der Waals surface area contributed by atoms with Gasteiger partial charge in [-0.3, -0.25) is 4.79 Å². The molecule has 1 atom stereocenters. The van der Waals surface area contributed by atoms with Crippen LogP contribution >= 0.6 is 11.8 Å². The highest BCUT2D eigenvalue weighted by Gasteiger charge is 2.16. The first-order valence-corrected chi connectivity index (χ1v) is 10.1. The van der Waals surface area contributed by atoms with Gasteiger partial charge in [-0.15, -0.1) is 11.8 Å². The van der Waals surface area contributed by atoms with Gasteiger partial charge in [-0.2, -0.15) is 4.98 Å². The molecule has 0 fully saturated rings. The van der Waals surface area contributed by atoms with Crippen molar-refractivity contribution < 1.29 is 14.1 Å². The average Bonchev–Trinajstić information content (AvgIpc) is 3.12. The molecule has 2 aromatic carbocycles. The highest BCUT2D eigenvalue weighted by atomic mass is 32.2. The van der Waals surface area contributed by atoms with Gasteiger partial charge in [0.15, 0.2) is 5.82 Å². The maximum atomic E-state index is 12.9. The average molecular weight is 398 g/mol. The van der Waals surface area contributed by atoms with Crippen LogP contribution in [0, 0.1) is 6.92 Å². The van der Waals surface area contributed by atoms with Crippen LogP contribution in [-0.4, -0.2) is 22.7 Å². The molecule has 1 amide bonds. The molecule has 1 aromatic heterocycles. The quantitative estimate of drug-likeness (QED) is 0.562. The summed E-state index contributed by atoms with van der Waals surface area (Å²) in [4.78, 5) is 17.9. The van der Waals surface area contributed by atoms with Crippen LogP contribution in [0.3, 0.4) is 0 Å². The van der Waals surface area contributed by atoms with E-state index in [1.807, 2.05) is 62.4 Å². The Balaban J connectivity index is 1.69. The molecular weight excluding hydrogens is 374 g/mol. The fraction of sp³-hybridized carbons (Fsp3) is 0.286. The van der Waals surface area contributed by atoms with E-state index in [-0.39, 0.29) is 11.9 Å². The second-order valence-electron chi connectivity index (χ2n) is 6.22. The van der Waals surface area contributed by atoms with E-state index < -0.39 is 0 Å². The van der Waals surface area contributed by atoms with Gasteiger partial charge in [0.1, 0.15) is 5.75 Å². The van der Waals surface area contributed by atoms with E-state index in [2.05, 4.69) is 15.5 Å². The van der Waals surface area contributed by atoms with Gasteiger partial charge < -0.3 is 14.6 Å². The molecule has 146 valence electrons. The van der Waals surface area contributed by atoms with Gasteiger partial charge in [0.05, 0.1) is 24.0 Å². The van der Waals surface area contributed by atoms with Crippen LogP contribution in [0.4, 0.5) is 0 Å². The van der Waals surface area contributed by atoms with Gasteiger partial charge >= 0.3 is 0 Å². The van der Waals surface area contributed by atoms with Crippen molar-refractivity contribution in [2.75, 3.05) is 6.61 Å². The maximum absolute atomic E-state index is 12.9. The Kier molecular flexibility index (Phi) is 6.71. The zero-order valence-corrected chi connectivity index (χ0v) is 17.0. The molecule has 1 heterocycles. The van der Waals surface area contributed by atoms with Crippen molar-refractivity contribution >= 4 is 17.7 Å². The van der Waals surface area contributed by atoms with Crippen LogP contribution in [0.2, 0.25) is 0 Å². The predicted molar refractivity (Wildman–Crippen MR) is 109 cm³/mol. The van der Waals surface area contributed by atoms with Gasteiger partial charge in [0, 0.05) is 11.8 Å². The zero-order valence-electron chi connectivity index (χ0n) is 16.1. The third-order valence-electron chi connectivity index (χ3n) is 4.07. The summed E-state index contributed by atoms with van der Waals surface area (Å²) >= 11 is 1.51. The van der Waals surface area contributed by atoms with Crippen LogP contribution in [-0.2, 0) is 5.75 Å². The van der Waals surface area contributed by atoms with Gasteiger partial charge in [-0.25, -0.2) is 0 Å². The summed E-state index contributed by atoms with van der Waals surface area (Å²) in [7, 11) is 0. The number of rotatable bonds is 8. The lowest BCUT2D eigenvalue weighted by atomic mass is 10.1. The lowest BCUT2D eigenvalue weighted by molar-refractivity contribution is 0.0937. The topological polar surface area (TPSA) is 77.2 Å². The highest BCUT2D eigenvalue weighted by Crippen LogP contribution is 2.26. The van der Waals surface area contributed by atoms with Crippen LogP contribution in [0.25, 0.3) is 0 Å². The molecule has 0 saturated heterocycles. The Morgan fingerprint density at radius 3 is 2.82 bits per heavy atom. The third kappa shape index (κ3) is 5.13. The molecule has 0 aliphatic heterocycles.